The fraction of sp³-hybridized carbons (Fsp3) is 0.444. The van der Waals surface area contributed by atoms with Crippen LogP contribution in [-0.4, -0.2) is 41.2 Å². The van der Waals surface area contributed by atoms with E-state index in [1.807, 2.05) is 20.8 Å². The summed E-state index contributed by atoms with van der Waals surface area (Å²) in [6, 6.07) is 8.74. The highest BCUT2D eigenvalue weighted by Gasteiger charge is 2.20. The molecule has 1 heterocycles. The number of ether oxygens (including phenoxy) is 2. The van der Waals surface area contributed by atoms with E-state index in [1.54, 1.807) is 36.5 Å². The summed E-state index contributed by atoms with van der Waals surface area (Å²) in [5.74, 6) is 0.708. The van der Waals surface area contributed by atoms with Gasteiger partial charge in [0.25, 0.3) is 0 Å². The van der Waals surface area contributed by atoms with E-state index < -0.39 is 18.2 Å². The normalized spacial score (nSPS) is 11.2. The highest BCUT2D eigenvalue weighted by atomic mass is 19.1. The second kappa shape index (κ2) is 8.50. The van der Waals surface area contributed by atoms with E-state index in [0.717, 1.165) is 0 Å². The minimum absolute atomic E-state index is 0.238. The first kappa shape index (κ1) is 18.8. The summed E-state index contributed by atoms with van der Waals surface area (Å²) in [4.78, 5) is 12.2. The molecule has 136 valence electrons. The first-order valence-electron chi connectivity index (χ1n) is 8.17. The minimum atomic E-state index is -0.565. The van der Waals surface area contributed by atoms with Gasteiger partial charge in [0.15, 0.2) is 0 Å². The number of halogens is 1. The Balaban J connectivity index is 1.87. The Morgan fingerprint density at radius 3 is 2.76 bits per heavy atom. The molecule has 2 aromatic rings. The molecule has 1 aromatic heterocycles. The maximum atomic E-state index is 12.2. The third kappa shape index (κ3) is 6.10. The van der Waals surface area contributed by atoms with Crippen molar-refractivity contribution in [3.8, 4) is 5.75 Å². The summed E-state index contributed by atoms with van der Waals surface area (Å²) >= 11 is 0. The third-order valence-electron chi connectivity index (χ3n) is 3.13. The average molecular weight is 349 g/mol. The average Bonchev–Trinajstić information content (AvgIpc) is 2.98. The van der Waals surface area contributed by atoms with Crippen molar-refractivity contribution in [2.24, 2.45) is 0 Å². The maximum absolute atomic E-state index is 12.2. The highest BCUT2D eigenvalue weighted by molar-refractivity contribution is 5.92. The van der Waals surface area contributed by atoms with Crippen LogP contribution in [0.25, 0.3) is 0 Å². The van der Waals surface area contributed by atoms with Gasteiger partial charge in [0.2, 0.25) is 0 Å². The summed E-state index contributed by atoms with van der Waals surface area (Å²) in [5.41, 5.74) is -0.172. The number of alkyl halides is 1. The quantitative estimate of drug-likeness (QED) is 0.585. The van der Waals surface area contributed by atoms with Crippen LogP contribution in [0.4, 0.5) is 10.2 Å². The van der Waals surface area contributed by atoms with E-state index in [9.17, 15) is 9.18 Å². The Morgan fingerprint density at radius 2 is 2.04 bits per heavy atom. The number of esters is 1. The van der Waals surface area contributed by atoms with Gasteiger partial charge < -0.3 is 14.8 Å². The van der Waals surface area contributed by atoms with E-state index in [4.69, 9.17) is 9.47 Å². The van der Waals surface area contributed by atoms with Crippen molar-refractivity contribution < 1.29 is 18.7 Å². The van der Waals surface area contributed by atoms with Gasteiger partial charge in [-0.2, -0.15) is 5.10 Å². The fourth-order valence-corrected chi connectivity index (χ4v) is 2.10. The number of carbonyl (C=O) groups is 1. The standard InChI is InChI=1S/C18H24FN3O3/c1-18(2,3)25-17(23)14-6-4-5-7-15(14)24-13-10-20-16-8-11-22(21-16)12-9-19/h4-8,11H,9-10,12-13H2,1-3H3,(H,20,21). The van der Waals surface area contributed by atoms with Gasteiger partial charge in [-0.25, -0.2) is 9.18 Å². The van der Waals surface area contributed by atoms with Crippen LogP contribution >= 0.6 is 0 Å². The zero-order chi connectivity index (χ0) is 18.3. The molecule has 1 aromatic carbocycles. The van der Waals surface area contributed by atoms with Gasteiger partial charge in [-0.05, 0) is 32.9 Å². The summed E-state index contributed by atoms with van der Waals surface area (Å²) in [6.45, 7) is 6.08. The van der Waals surface area contributed by atoms with Crippen molar-refractivity contribution in [1.82, 2.24) is 9.78 Å². The topological polar surface area (TPSA) is 65.4 Å². The number of rotatable bonds is 8. The van der Waals surface area contributed by atoms with Gasteiger partial charge in [0.1, 0.15) is 36.0 Å². The molecule has 0 bridgehead atoms. The van der Waals surface area contributed by atoms with Crippen molar-refractivity contribution in [3.05, 3.63) is 42.1 Å². The summed E-state index contributed by atoms with van der Waals surface area (Å²) in [6.07, 6.45) is 1.71. The molecule has 0 fully saturated rings. The highest BCUT2D eigenvalue weighted by Crippen LogP contribution is 2.21. The van der Waals surface area contributed by atoms with E-state index in [1.165, 1.54) is 4.68 Å². The molecule has 0 amide bonds. The van der Waals surface area contributed by atoms with Gasteiger partial charge in [0.05, 0.1) is 13.1 Å². The Morgan fingerprint density at radius 1 is 1.28 bits per heavy atom. The molecule has 6 nitrogen and oxygen atoms in total. The monoisotopic (exact) mass is 349 g/mol. The smallest absolute Gasteiger partial charge is 0.342 e. The van der Waals surface area contributed by atoms with Crippen molar-refractivity contribution >= 4 is 11.8 Å². The van der Waals surface area contributed by atoms with Crippen molar-refractivity contribution in [2.75, 3.05) is 25.1 Å². The molecule has 0 atom stereocenters. The lowest BCUT2D eigenvalue weighted by Gasteiger charge is -2.20. The lowest BCUT2D eigenvalue weighted by atomic mass is 10.1. The largest absolute Gasteiger partial charge is 0.491 e. The molecule has 0 saturated carbocycles. The van der Waals surface area contributed by atoms with Crippen molar-refractivity contribution in [3.63, 3.8) is 0 Å². The molecular weight excluding hydrogens is 325 g/mol. The van der Waals surface area contributed by atoms with Crippen LogP contribution in [-0.2, 0) is 11.3 Å². The lowest BCUT2D eigenvalue weighted by Crippen LogP contribution is -2.24. The van der Waals surface area contributed by atoms with Crippen LogP contribution in [0.5, 0.6) is 5.75 Å². The zero-order valence-corrected chi connectivity index (χ0v) is 14.8. The molecule has 0 aliphatic heterocycles. The number of carbonyl (C=O) groups excluding carboxylic acids is 1. The summed E-state index contributed by atoms with van der Waals surface area (Å²) in [7, 11) is 0. The predicted octanol–water partition coefficient (Wildman–Crippen LogP) is 3.30. The molecule has 0 unspecified atom stereocenters. The Bertz CT molecular complexity index is 695. The number of hydrogen-bond donors (Lipinski definition) is 1. The number of aryl methyl sites for hydroxylation is 1. The molecule has 25 heavy (non-hydrogen) atoms. The molecule has 2 rings (SSSR count). The molecule has 7 heteroatoms. The van der Waals surface area contributed by atoms with Gasteiger partial charge in [-0.3, -0.25) is 4.68 Å². The zero-order valence-electron chi connectivity index (χ0n) is 14.8. The van der Waals surface area contributed by atoms with Crippen LogP contribution in [0.3, 0.4) is 0 Å². The Labute approximate surface area is 146 Å². The Kier molecular flexibility index (Phi) is 6.38. The van der Waals surface area contributed by atoms with Gasteiger partial charge >= 0.3 is 5.97 Å². The third-order valence-corrected chi connectivity index (χ3v) is 3.13. The van der Waals surface area contributed by atoms with Crippen LogP contribution in [0.15, 0.2) is 36.5 Å². The first-order chi connectivity index (χ1) is 11.9. The molecule has 0 aliphatic rings. The minimum Gasteiger partial charge on any atom is -0.491 e. The van der Waals surface area contributed by atoms with Gasteiger partial charge in [-0.1, -0.05) is 12.1 Å². The summed E-state index contributed by atoms with van der Waals surface area (Å²) < 4.78 is 24.9. The van der Waals surface area contributed by atoms with Gasteiger partial charge in [-0.15, -0.1) is 0 Å². The number of aromatic nitrogens is 2. The number of anilines is 1. The molecule has 1 N–H and O–H groups in total. The second-order valence-corrected chi connectivity index (χ2v) is 6.43. The number of para-hydroxylation sites is 1. The number of hydrogen-bond acceptors (Lipinski definition) is 5. The number of nitrogens with one attached hydrogen (secondary N) is 1. The molecule has 0 saturated heterocycles. The first-order valence-corrected chi connectivity index (χ1v) is 8.17. The van der Waals surface area contributed by atoms with Crippen LogP contribution in [0.1, 0.15) is 31.1 Å². The second-order valence-electron chi connectivity index (χ2n) is 6.43. The van der Waals surface area contributed by atoms with Gasteiger partial charge in [0, 0.05) is 12.3 Å². The molecule has 0 spiro atoms. The van der Waals surface area contributed by atoms with E-state index in [-0.39, 0.29) is 6.54 Å². The van der Waals surface area contributed by atoms with Crippen LogP contribution in [0.2, 0.25) is 0 Å². The van der Waals surface area contributed by atoms with E-state index in [2.05, 4.69) is 10.4 Å². The van der Waals surface area contributed by atoms with Crippen LogP contribution in [0, 0.1) is 0 Å². The lowest BCUT2D eigenvalue weighted by molar-refractivity contribution is 0.00659. The van der Waals surface area contributed by atoms with E-state index >= 15 is 0 Å². The Hall–Kier alpha value is -2.57. The molecule has 0 aliphatic carbocycles. The number of nitrogens with zero attached hydrogens (tertiary/aromatic N) is 2. The van der Waals surface area contributed by atoms with E-state index in [0.29, 0.717) is 30.3 Å². The molecular formula is C18H24FN3O3. The number of benzene rings is 1. The predicted molar refractivity (Wildman–Crippen MR) is 93.8 cm³/mol. The summed E-state index contributed by atoms with van der Waals surface area (Å²) in [5, 5.41) is 7.25. The van der Waals surface area contributed by atoms with Crippen LogP contribution < -0.4 is 10.1 Å². The fourth-order valence-electron chi connectivity index (χ4n) is 2.10. The van der Waals surface area contributed by atoms with Crippen molar-refractivity contribution in [1.29, 1.82) is 0 Å². The van der Waals surface area contributed by atoms with Crippen molar-refractivity contribution in [2.45, 2.75) is 32.9 Å². The maximum Gasteiger partial charge on any atom is 0.342 e. The molecule has 0 radical (unpaired) electrons. The SMILES string of the molecule is CC(C)(C)OC(=O)c1ccccc1OCCNc1ccn(CCF)n1.